The Bertz CT molecular complexity index is 1110. The highest BCUT2D eigenvalue weighted by atomic mass is 16.1. The van der Waals surface area contributed by atoms with Crippen molar-refractivity contribution in [3.8, 4) is 6.07 Å². The molecule has 1 N–H and O–H groups in total. The van der Waals surface area contributed by atoms with Gasteiger partial charge in [0.15, 0.2) is 0 Å². The predicted molar refractivity (Wildman–Crippen MR) is 140 cm³/mol. The topological polar surface area (TPSA) is 72.3 Å². The third kappa shape index (κ3) is 5.70. The number of amides is 1. The first kappa shape index (κ1) is 24.4. The van der Waals surface area contributed by atoms with Crippen molar-refractivity contribution in [3.63, 3.8) is 0 Å². The number of carbonyl (C=O) groups excluding carboxylic acids is 1. The largest absolute Gasteiger partial charge is 0.368 e. The van der Waals surface area contributed by atoms with Crippen LogP contribution in [0.4, 0.5) is 11.4 Å². The van der Waals surface area contributed by atoms with E-state index >= 15 is 0 Å². The summed E-state index contributed by atoms with van der Waals surface area (Å²) in [5.41, 5.74) is 4.46. The summed E-state index contributed by atoms with van der Waals surface area (Å²) in [5, 5.41) is 12.8. The van der Waals surface area contributed by atoms with Gasteiger partial charge in [-0.2, -0.15) is 5.26 Å². The standard InChI is InChI=1S/C29H33N5O/c1-3-22(4-2)29(35)32-25-13-14-27(24(20-25)21-30)33-16-18-34(19-17-33)28(23-10-6-5-7-11-23)26-12-8-9-15-31-26/h5-15,20,22,28H,3-4,16-19H2,1-2H3,(H,32,35). The molecule has 0 spiro atoms. The molecule has 6 nitrogen and oxygen atoms in total. The molecule has 180 valence electrons. The number of pyridine rings is 1. The summed E-state index contributed by atoms with van der Waals surface area (Å²) in [4.78, 5) is 21.9. The maximum absolute atomic E-state index is 12.5. The average Bonchev–Trinajstić information content (AvgIpc) is 2.91. The molecule has 1 saturated heterocycles. The van der Waals surface area contributed by atoms with E-state index in [1.165, 1.54) is 5.56 Å². The number of hydrogen-bond acceptors (Lipinski definition) is 5. The number of benzene rings is 2. The summed E-state index contributed by atoms with van der Waals surface area (Å²) in [6, 6.07) is 24.7. The van der Waals surface area contributed by atoms with Gasteiger partial charge in [0, 0.05) is 44.0 Å². The summed E-state index contributed by atoms with van der Waals surface area (Å²) in [5.74, 6) is 0.00619. The summed E-state index contributed by atoms with van der Waals surface area (Å²) >= 11 is 0. The van der Waals surface area contributed by atoms with E-state index in [1.54, 1.807) is 6.07 Å². The number of hydrogen-bond donors (Lipinski definition) is 1. The van der Waals surface area contributed by atoms with Crippen molar-refractivity contribution in [2.24, 2.45) is 5.92 Å². The lowest BCUT2D eigenvalue weighted by Gasteiger charge is -2.40. The van der Waals surface area contributed by atoms with Gasteiger partial charge in [0.2, 0.25) is 5.91 Å². The molecule has 1 aliphatic heterocycles. The fourth-order valence-corrected chi connectivity index (χ4v) is 4.85. The van der Waals surface area contributed by atoms with Crippen LogP contribution in [-0.4, -0.2) is 42.0 Å². The van der Waals surface area contributed by atoms with Crippen molar-refractivity contribution in [2.45, 2.75) is 32.7 Å². The number of nitriles is 1. The number of piperazine rings is 1. The smallest absolute Gasteiger partial charge is 0.227 e. The maximum Gasteiger partial charge on any atom is 0.227 e. The van der Waals surface area contributed by atoms with Crippen molar-refractivity contribution < 1.29 is 4.79 Å². The van der Waals surface area contributed by atoms with Gasteiger partial charge in [-0.3, -0.25) is 14.7 Å². The maximum atomic E-state index is 12.5. The first-order chi connectivity index (χ1) is 17.1. The van der Waals surface area contributed by atoms with Crippen LogP contribution < -0.4 is 10.2 Å². The molecular weight excluding hydrogens is 434 g/mol. The van der Waals surface area contributed by atoms with Gasteiger partial charge in [-0.15, -0.1) is 0 Å². The Morgan fingerprint density at radius 3 is 2.34 bits per heavy atom. The molecular formula is C29H33N5O. The summed E-state index contributed by atoms with van der Waals surface area (Å²) in [6.45, 7) is 7.37. The third-order valence-electron chi connectivity index (χ3n) is 6.84. The molecule has 1 aliphatic rings. The zero-order valence-corrected chi connectivity index (χ0v) is 20.5. The van der Waals surface area contributed by atoms with Gasteiger partial charge in [0.1, 0.15) is 6.07 Å². The van der Waals surface area contributed by atoms with Crippen LogP contribution in [0.15, 0.2) is 72.9 Å². The van der Waals surface area contributed by atoms with Crippen LogP contribution >= 0.6 is 0 Å². The van der Waals surface area contributed by atoms with E-state index < -0.39 is 0 Å². The Hall–Kier alpha value is -3.69. The fourth-order valence-electron chi connectivity index (χ4n) is 4.85. The van der Waals surface area contributed by atoms with Gasteiger partial charge in [-0.25, -0.2) is 0 Å². The van der Waals surface area contributed by atoms with Crippen molar-refractivity contribution in [2.75, 3.05) is 36.4 Å². The minimum atomic E-state index is -0.00930. The van der Waals surface area contributed by atoms with Crippen LogP contribution in [0.3, 0.4) is 0 Å². The highest BCUT2D eigenvalue weighted by Crippen LogP contribution is 2.31. The summed E-state index contributed by atoms with van der Waals surface area (Å²) < 4.78 is 0. The van der Waals surface area contributed by atoms with E-state index in [-0.39, 0.29) is 17.9 Å². The summed E-state index contributed by atoms with van der Waals surface area (Å²) in [6.07, 6.45) is 3.46. The third-order valence-corrected chi connectivity index (χ3v) is 6.84. The second-order valence-electron chi connectivity index (χ2n) is 8.94. The Morgan fingerprint density at radius 2 is 1.71 bits per heavy atom. The second kappa shape index (κ2) is 11.6. The molecule has 4 rings (SSSR count). The zero-order chi connectivity index (χ0) is 24.6. The minimum absolute atomic E-state index is 0.00930. The van der Waals surface area contributed by atoms with Crippen molar-refractivity contribution in [1.29, 1.82) is 5.26 Å². The molecule has 1 fully saturated rings. The van der Waals surface area contributed by atoms with Gasteiger partial charge >= 0.3 is 0 Å². The Morgan fingerprint density at radius 1 is 1.00 bits per heavy atom. The van der Waals surface area contributed by atoms with E-state index in [9.17, 15) is 10.1 Å². The number of nitrogens with zero attached hydrogens (tertiary/aromatic N) is 4. The normalized spacial score (nSPS) is 15.0. The van der Waals surface area contributed by atoms with Gasteiger partial charge in [0.05, 0.1) is 23.0 Å². The monoisotopic (exact) mass is 467 g/mol. The average molecular weight is 468 g/mol. The molecule has 1 amide bonds. The molecule has 2 aromatic carbocycles. The highest BCUT2D eigenvalue weighted by Gasteiger charge is 2.28. The first-order valence-corrected chi connectivity index (χ1v) is 12.4. The number of aromatic nitrogens is 1. The fraction of sp³-hybridized carbons (Fsp3) is 0.345. The zero-order valence-electron chi connectivity index (χ0n) is 20.5. The van der Waals surface area contributed by atoms with Crippen LogP contribution in [0.2, 0.25) is 0 Å². The van der Waals surface area contributed by atoms with Crippen LogP contribution in [0.1, 0.15) is 49.6 Å². The van der Waals surface area contributed by atoms with E-state index in [0.717, 1.165) is 50.4 Å². The SMILES string of the molecule is CCC(CC)C(=O)Nc1ccc(N2CCN(C(c3ccccc3)c3ccccn3)CC2)c(C#N)c1. The van der Waals surface area contributed by atoms with E-state index in [2.05, 4.69) is 56.5 Å². The molecule has 2 heterocycles. The molecule has 0 saturated carbocycles. The van der Waals surface area contributed by atoms with Gasteiger partial charge in [-0.05, 0) is 48.7 Å². The quantitative estimate of drug-likeness (QED) is 0.491. The number of nitrogens with one attached hydrogen (secondary N) is 1. The minimum Gasteiger partial charge on any atom is -0.368 e. The molecule has 3 aromatic rings. The lowest BCUT2D eigenvalue weighted by atomic mass is 10.00. The van der Waals surface area contributed by atoms with Crippen molar-refractivity contribution in [3.05, 3.63) is 89.7 Å². The Kier molecular flexibility index (Phi) is 8.12. The highest BCUT2D eigenvalue weighted by molar-refractivity contribution is 5.93. The molecule has 1 atom stereocenters. The number of carbonyl (C=O) groups is 1. The Balaban J connectivity index is 1.49. The molecule has 0 radical (unpaired) electrons. The van der Waals surface area contributed by atoms with Crippen LogP contribution in [0.25, 0.3) is 0 Å². The second-order valence-corrected chi connectivity index (χ2v) is 8.94. The summed E-state index contributed by atoms with van der Waals surface area (Å²) in [7, 11) is 0. The van der Waals surface area contributed by atoms with Gasteiger partial charge < -0.3 is 10.2 Å². The predicted octanol–water partition coefficient (Wildman–Crippen LogP) is 5.24. The van der Waals surface area contributed by atoms with Crippen molar-refractivity contribution in [1.82, 2.24) is 9.88 Å². The molecule has 0 bridgehead atoms. The van der Waals surface area contributed by atoms with E-state index in [1.807, 2.05) is 50.4 Å². The molecule has 6 heteroatoms. The van der Waals surface area contributed by atoms with Crippen LogP contribution in [0, 0.1) is 17.2 Å². The van der Waals surface area contributed by atoms with Crippen LogP contribution in [0.5, 0.6) is 0 Å². The molecule has 1 unspecified atom stereocenters. The number of rotatable bonds is 8. The van der Waals surface area contributed by atoms with E-state index in [0.29, 0.717) is 11.3 Å². The molecule has 0 aliphatic carbocycles. The molecule has 1 aromatic heterocycles. The van der Waals surface area contributed by atoms with Crippen LogP contribution in [-0.2, 0) is 4.79 Å². The molecule has 35 heavy (non-hydrogen) atoms. The first-order valence-electron chi connectivity index (χ1n) is 12.4. The van der Waals surface area contributed by atoms with E-state index in [4.69, 9.17) is 0 Å². The lowest BCUT2D eigenvalue weighted by molar-refractivity contribution is -0.120. The lowest BCUT2D eigenvalue weighted by Crippen LogP contribution is -2.48. The van der Waals surface area contributed by atoms with Gasteiger partial charge in [-0.1, -0.05) is 50.2 Å². The van der Waals surface area contributed by atoms with Crippen molar-refractivity contribution >= 4 is 17.3 Å². The van der Waals surface area contributed by atoms with Gasteiger partial charge in [0.25, 0.3) is 0 Å². The number of anilines is 2. The Labute approximate surface area is 208 Å².